The molecule has 0 fully saturated rings. The highest BCUT2D eigenvalue weighted by atomic mass is 32.1. The molecular formula is C16H13NO3S. The average Bonchev–Trinajstić information content (AvgIpc) is 3.05. The summed E-state index contributed by atoms with van der Waals surface area (Å²) in [7, 11) is 3.05. The first-order chi connectivity index (χ1) is 10.2. The maximum atomic E-state index is 12.2. The van der Waals surface area contributed by atoms with Gasteiger partial charge in [0, 0.05) is 16.5 Å². The summed E-state index contributed by atoms with van der Waals surface area (Å²) in [5, 5.41) is 12.8. The highest BCUT2D eigenvalue weighted by Gasteiger charge is 2.15. The van der Waals surface area contributed by atoms with E-state index in [9.17, 15) is 10.1 Å². The summed E-state index contributed by atoms with van der Waals surface area (Å²) in [6, 6.07) is 8.93. The Hall–Kier alpha value is -2.58. The maximum absolute atomic E-state index is 12.2. The first-order valence-corrected chi connectivity index (χ1v) is 7.05. The first-order valence-electron chi connectivity index (χ1n) is 6.11. The lowest BCUT2D eigenvalue weighted by atomic mass is 10.0. The quantitative estimate of drug-likeness (QED) is 0.481. The number of ketones is 1. The van der Waals surface area contributed by atoms with Gasteiger partial charge in [0.2, 0.25) is 5.78 Å². The molecule has 0 saturated carbocycles. The van der Waals surface area contributed by atoms with Gasteiger partial charge >= 0.3 is 0 Å². The largest absolute Gasteiger partial charge is 0.493 e. The van der Waals surface area contributed by atoms with Crippen molar-refractivity contribution < 1.29 is 14.3 Å². The van der Waals surface area contributed by atoms with Crippen LogP contribution in [0.4, 0.5) is 0 Å². The van der Waals surface area contributed by atoms with Gasteiger partial charge in [-0.05, 0) is 23.6 Å². The summed E-state index contributed by atoms with van der Waals surface area (Å²) in [6.07, 6.45) is 1.52. The molecule has 0 spiro atoms. The Balaban J connectivity index is 2.46. The molecule has 0 aliphatic carbocycles. The number of methoxy groups -OCH3 is 2. The van der Waals surface area contributed by atoms with Crippen molar-refractivity contribution in [2.24, 2.45) is 0 Å². The fourth-order valence-corrected chi connectivity index (χ4v) is 2.51. The molecule has 21 heavy (non-hydrogen) atoms. The minimum absolute atomic E-state index is 0.0555. The van der Waals surface area contributed by atoms with E-state index in [0.29, 0.717) is 22.6 Å². The molecule has 0 N–H and O–H groups in total. The molecule has 1 aromatic heterocycles. The van der Waals surface area contributed by atoms with E-state index in [0.717, 1.165) is 0 Å². The van der Waals surface area contributed by atoms with Gasteiger partial charge in [-0.3, -0.25) is 4.79 Å². The minimum atomic E-state index is -0.302. The lowest BCUT2D eigenvalue weighted by Crippen LogP contribution is -2.00. The second-order valence-electron chi connectivity index (χ2n) is 4.09. The van der Waals surface area contributed by atoms with Crippen molar-refractivity contribution >= 4 is 23.2 Å². The molecule has 0 radical (unpaired) electrons. The number of benzene rings is 1. The van der Waals surface area contributed by atoms with Crippen molar-refractivity contribution in [2.75, 3.05) is 14.2 Å². The third kappa shape index (κ3) is 3.12. The first kappa shape index (κ1) is 14.8. The number of Topliss-reactive ketones (excluding diaryl/α,β-unsaturated/α-hetero) is 1. The van der Waals surface area contributed by atoms with Gasteiger partial charge in [0.1, 0.15) is 11.6 Å². The molecule has 5 heteroatoms. The molecule has 2 aromatic rings. The topological polar surface area (TPSA) is 59.3 Å². The van der Waals surface area contributed by atoms with Crippen molar-refractivity contribution in [1.29, 1.82) is 5.26 Å². The highest BCUT2D eigenvalue weighted by Crippen LogP contribution is 2.32. The summed E-state index contributed by atoms with van der Waals surface area (Å²) < 4.78 is 10.5. The second kappa shape index (κ2) is 6.73. The number of nitrogens with zero attached hydrogens (tertiary/aromatic N) is 1. The second-order valence-corrected chi connectivity index (χ2v) is 4.87. The minimum Gasteiger partial charge on any atom is -0.493 e. The van der Waals surface area contributed by atoms with E-state index in [2.05, 4.69) is 0 Å². The Morgan fingerprint density at radius 2 is 2.10 bits per heavy atom. The smallest absolute Gasteiger partial charge is 0.204 e. The number of nitriles is 1. The van der Waals surface area contributed by atoms with Gasteiger partial charge in [0.15, 0.2) is 11.5 Å². The Kier molecular flexibility index (Phi) is 4.75. The van der Waals surface area contributed by atoms with Crippen LogP contribution in [0.15, 0.2) is 40.6 Å². The van der Waals surface area contributed by atoms with Gasteiger partial charge in [-0.25, -0.2) is 0 Å². The molecule has 0 aliphatic rings. The Bertz CT molecular complexity index is 712. The molecule has 1 heterocycles. The number of hydrogen-bond acceptors (Lipinski definition) is 5. The van der Waals surface area contributed by atoms with Gasteiger partial charge in [0.05, 0.1) is 14.2 Å². The maximum Gasteiger partial charge on any atom is 0.204 e. The zero-order valence-corrected chi connectivity index (χ0v) is 12.4. The van der Waals surface area contributed by atoms with Gasteiger partial charge in [0.25, 0.3) is 0 Å². The molecule has 106 valence electrons. The summed E-state index contributed by atoms with van der Waals surface area (Å²) in [6.45, 7) is 0. The van der Waals surface area contributed by atoms with E-state index >= 15 is 0 Å². The molecule has 0 saturated heterocycles. The monoisotopic (exact) mass is 299 g/mol. The SMILES string of the molecule is COc1cccc(/C=C(/C#N)C(=O)c2ccsc2)c1OC. The lowest BCUT2D eigenvalue weighted by Gasteiger charge is -2.10. The molecular weight excluding hydrogens is 286 g/mol. The van der Waals surface area contributed by atoms with E-state index in [-0.39, 0.29) is 11.4 Å². The van der Waals surface area contributed by atoms with Crippen LogP contribution in [0.1, 0.15) is 15.9 Å². The van der Waals surface area contributed by atoms with E-state index in [1.807, 2.05) is 6.07 Å². The van der Waals surface area contributed by atoms with Crippen LogP contribution in [0.3, 0.4) is 0 Å². The molecule has 0 atom stereocenters. The molecule has 0 bridgehead atoms. The van der Waals surface area contributed by atoms with Crippen LogP contribution in [0.5, 0.6) is 11.5 Å². The summed E-state index contributed by atoms with van der Waals surface area (Å²) in [5.74, 6) is 0.737. The predicted octanol–water partition coefficient (Wildman–Crippen LogP) is 3.56. The van der Waals surface area contributed by atoms with Crippen molar-refractivity contribution in [3.63, 3.8) is 0 Å². The number of carbonyl (C=O) groups is 1. The number of ether oxygens (including phenoxy) is 2. The summed E-state index contributed by atoms with van der Waals surface area (Å²) in [5.41, 5.74) is 1.19. The van der Waals surface area contributed by atoms with Crippen LogP contribution >= 0.6 is 11.3 Å². The highest BCUT2D eigenvalue weighted by molar-refractivity contribution is 7.08. The Labute approximate surface area is 126 Å². The van der Waals surface area contributed by atoms with E-state index < -0.39 is 0 Å². The van der Waals surface area contributed by atoms with Crippen LogP contribution in [-0.2, 0) is 0 Å². The summed E-state index contributed by atoms with van der Waals surface area (Å²) >= 11 is 1.41. The number of para-hydroxylation sites is 1. The van der Waals surface area contributed by atoms with Crippen LogP contribution in [-0.4, -0.2) is 20.0 Å². The third-order valence-corrected chi connectivity index (χ3v) is 3.56. The number of thiophene rings is 1. The number of rotatable bonds is 5. The summed E-state index contributed by atoms with van der Waals surface area (Å²) in [4.78, 5) is 12.2. The van der Waals surface area contributed by atoms with Crippen LogP contribution < -0.4 is 9.47 Å². The third-order valence-electron chi connectivity index (χ3n) is 2.88. The Morgan fingerprint density at radius 1 is 1.29 bits per heavy atom. The van der Waals surface area contributed by atoms with Gasteiger partial charge in [-0.2, -0.15) is 16.6 Å². The standard InChI is InChI=1S/C16H13NO3S/c1-19-14-5-3-4-11(16(14)20-2)8-13(9-17)15(18)12-6-7-21-10-12/h3-8,10H,1-2H3/b13-8-. The Morgan fingerprint density at radius 3 is 2.67 bits per heavy atom. The molecule has 0 amide bonds. The number of allylic oxidation sites excluding steroid dienone is 1. The van der Waals surface area contributed by atoms with Crippen LogP contribution in [0, 0.1) is 11.3 Å². The molecule has 4 nitrogen and oxygen atoms in total. The fourth-order valence-electron chi connectivity index (χ4n) is 1.88. The van der Waals surface area contributed by atoms with Crippen LogP contribution in [0.25, 0.3) is 6.08 Å². The predicted molar refractivity (Wildman–Crippen MR) is 81.8 cm³/mol. The lowest BCUT2D eigenvalue weighted by molar-refractivity contribution is 0.104. The molecule has 0 unspecified atom stereocenters. The molecule has 2 rings (SSSR count). The molecule has 0 aliphatic heterocycles. The van der Waals surface area contributed by atoms with Gasteiger partial charge in [-0.1, -0.05) is 12.1 Å². The van der Waals surface area contributed by atoms with Gasteiger partial charge < -0.3 is 9.47 Å². The van der Waals surface area contributed by atoms with Crippen molar-refractivity contribution in [1.82, 2.24) is 0 Å². The van der Waals surface area contributed by atoms with Crippen LogP contribution in [0.2, 0.25) is 0 Å². The number of carbonyl (C=O) groups excluding carboxylic acids is 1. The van der Waals surface area contributed by atoms with Crippen molar-refractivity contribution in [2.45, 2.75) is 0 Å². The van der Waals surface area contributed by atoms with Crippen molar-refractivity contribution in [3.05, 3.63) is 51.7 Å². The van der Waals surface area contributed by atoms with E-state index in [4.69, 9.17) is 9.47 Å². The zero-order valence-electron chi connectivity index (χ0n) is 11.6. The number of hydrogen-bond donors (Lipinski definition) is 0. The zero-order chi connectivity index (χ0) is 15.2. The van der Waals surface area contributed by atoms with Gasteiger partial charge in [-0.15, -0.1) is 0 Å². The van der Waals surface area contributed by atoms with E-state index in [1.54, 1.807) is 35.0 Å². The average molecular weight is 299 g/mol. The molecule has 1 aromatic carbocycles. The van der Waals surface area contributed by atoms with Crippen molar-refractivity contribution in [3.8, 4) is 17.6 Å². The fraction of sp³-hybridized carbons (Fsp3) is 0.125. The van der Waals surface area contributed by atoms with E-state index in [1.165, 1.54) is 31.6 Å². The normalized spacial score (nSPS) is 10.8.